The van der Waals surface area contributed by atoms with Crippen LogP contribution in [-0.2, 0) is 4.79 Å². The van der Waals surface area contributed by atoms with Crippen molar-refractivity contribution in [2.24, 2.45) is 29.1 Å². The summed E-state index contributed by atoms with van der Waals surface area (Å²) in [5, 5.41) is 13.6. The number of carboxylic acid groups (broad SMARTS) is 1. The number of hydrogen-bond donors (Lipinski definition) is 0. The minimum absolute atomic E-state index is 0.188. The highest BCUT2D eigenvalue weighted by atomic mass is 31.1. The van der Waals surface area contributed by atoms with Gasteiger partial charge in [-0.25, -0.2) is 0 Å². The quantitative estimate of drug-likeness (QED) is 0.215. The predicted octanol–water partition coefficient (Wildman–Crippen LogP) is 7.00. The lowest BCUT2D eigenvalue weighted by atomic mass is 9.64. The summed E-state index contributed by atoms with van der Waals surface area (Å²) in [7, 11) is -2.85. The fourth-order valence-corrected chi connectivity index (χ4v) is 17.3. The van der Waals surface area contributed by atoms with Crippen molar-refractivity contribution in [1.82, 2.24) is 9.34 Å². The van der Waals surface area contributed by atoms with Crippen molar-refractivity contribution in [3.63, 3.8) is 0 Å². The molecule has 4 nitrogen and oxygen atoms in total. The van der Waals surface area contributed by atoms with Gasteiger partial charge in [0.15, 0.2) is 0 Å². The van der Waals surface area contributed by atoms with E-state index < -0.39 is 27.7 Å². The molecule has 0 spiro atoms. The molecule has 0 amide bonds. The predicted molar refractivity (Wildman–Crippen MR) is 154 cm³/mol. The highest BCUT2D eigenvalue weighted by molar-refractivity contribution is 7.59. The van der Waals surface area contributed by atoms with Crippen LogP contribution in [0.25, 0.3) is 0 Å². The topological polar surface area (TPSA) is 46.6 Å². The van der Waals surface area contributed by atoms with Crippen LogP contribution in [0.15, 0.2) is 0 Å². The third-order valence-electron chi connectivity index (χ3n) is 9.30. The van der Waals surface area contributed by atoms with Crippen molar-refractivity contribution in [3.8, 4) is 0 Å². The van der Waals surface area contributed by atoms with Crippen LogP contribution in [0.1, 0.15) is 102 Å². The van der Waals surface area contributed by atoms with Gasteiger partial charge in [0, 0.05) is 48.6 Å². The van der Waals surface area contributed by atoms with Gasteiger partial charge < -0.3 is 9.90 Å². The number of hydrogen-bond acceptors (Lipinski definition) is 4. The van der Waals surface area contributed by atoms with Crippen LogP contribution in [0.3, 0.4) is 0 Å². The standard InChI is InChI=1S/C29H59N2O2PSi/c1-19(2)25-16-15-24(11)17-26(25)28(27(32)33)18-29(28,35(12,13)14)34(30(20(3)4)21(5)6)31(22(7)8)23(9)10/h19-26H,15-18H2,1-14H3,(H,32,33)/p-1/t24-,25+,26-,28+,29-/m1/s1. The van der Waals surface area contributed by atoms with Crippen molar-refractivity contribution >= 4 is 22.3 Å². The molecule has 0 bridgehead atoms. The van der Waals surface area contributed by atoms with Gasteiger partial charge in [0.05, 0.1) is 8.07 Å². The van der Waals surface area contributed by atoms with Crippen LogP contribution in [0.2, 0.25) is 19.6 Å². The summed E-state index contributed by atoms with van der Waals surface area (Å²) in [6, 6.07) is 1.45. The molecule has 0 aromatic heterocycles. The summed E-state index contributed by atoms with van der Waals surface area (Å²) in [6.45, 7) is 32.9. The van der Waals surface area contributed by atoms with E-state index in [-0.39, 0.29) is 10.7 Å². The number of carboxylic acids is 1. The van der Waals surface area contributed by atoms with E-state index in [1.807, 2.05) is 0 Å². The zero-order valence-electron chi connectivity index (χ0n) is 25.6. The van der Waals surface area contributed by atoms with Gasteiger partial charge in [0.2, 0.25) is 0 Å². The summed E-state index contributed by atoms with van der Waals surface area (Å²) in [4.78, 5) is 13.6. The molecule has 0 unspecified atom stereocenters. The van der Waals surface area contributed by atoms with Gasteiger partial charge in [0.1, 0.15) is 0 Å². The summed E-state index contributed by atoms with van der Waals surface area (Å²) < 4.78 is 5.27. The SMILES string of the molecule is CC(C)[C@@H]1CC[C@@H](C)C[C@H]1[C@]1(C(=O)[O-])C[C@@]1(P(N(C(C)C)C(C)C)N(C(C)C)C(C)C)[Si](C)(C)C. The van der Waals surface area contributed by atoms with Gasteiger partial charge >= 0.3 is 0 Å². The first-order valence-corrected chi connectivity index (χ1v) is 19.2. The second-order valence-corrected chi connectivity index (χ2v) is 22.4. The molecule has 0 aliphatic heterocycles. The molecule has 2 rings (SSSR count). The molecule has 0 saturated heterocycles. The Morgan fingerprint density at radius 1 is 0.857 bits per heavy atom. The van der Waals surface area contributed by atoms with Crippen LogP contribution < -0.4 is 5.11 Å². The van der Waals surface area contributed by atoms with E-state index in [1.54, 1.807) is 0 Å². The maximum Gasteiger partial charge on any atom is 0.0600 e. The molecule has 2 saturated carbocycles. The molecule has 0 aromatic carbocycles. The molecule has 0 radical (unpaired) electrons. The summed E-state index contributed by atoms with van der Waals surface area (Å²) in [5.74, 6) is 1.05. The van der Waals surface area contributed by atoms with E-state index in [0.29, 0.717) is 41.9 Å². The van der Waals surface area contributed by atoms with Gasteiger partial charge in [-0.05, 0) is 98.3 Å². The lowest BCUT2D eigenvalue weighted by Crippen LogP contribution is -2.59. The molecule has 206 valence electrons. The van der Waals surface area contributed by atoms with Gasteiger partial charge in [-0.1, -0.05) is 46.8 Å². The van der Waals surface area contributed by atoms with Crippen LogP contribution in [0.5, 0.6) is 0 Å². The molecular weight excluding hydrogens is 467 g/mol. The number of rotatable bonds is 11. The zero-order chi connectivity index (χ0) is 27.3. The van der Waals surface area contributed by atoms with Crippen LogP contribution in [0.4, 0.5) is 0 Å². The monoisotopic (exact) mass is 525 g/mol. The molecule has 0 N–H and O–H groups in total. The number of aliphatic carboxylic acids is 1. The molecule has 2 aliphatic rings. The van der Waals surface area contributed by atoms with Crippen LogP contribution in [-0.4, -0.2) is 52.3 Å². The average Bonchev–Trinajstić information content (AvgIpc) is 3.38. The Bertz CT molecular complexity index is 699. The van der Waals surface area contributed by atoms with Crippen LogP contribution >= 0.6 is 8.22 Å². The van der Waals surface area contributed by atoms with Crippen molar-refractivity contribution in [3.05, 3.63) is 0 Å². The van der Waals surface area contributed by atoms with E-state index >= 15 is 0 Å². The normalized spacial score (nSPS) is 32.3. The molecule has 0 aromatic rings. The maximum absolute atomic E-state index is 13.6. The first-order valence-electron chi connectivity index (χ1n) is 14.5. The molecule has 0 heterocycles. The Hall–Kier alpha value is 0.0369. The highest BCUT2D eigenvalue weighted by Gasteiger charge is 2.81. The van der Waals surface area contributed by atoms with E-state index in [9.17, 15) is 9.90 Å². The largest absolute Gasteiger partial charge is 0.550 e. The zero-order valence-corrected chi connectivity index (χ0v) is 27.5. The van der Waals surface area contributed by atoms with E-state index in [4.69, 9.17) is 0 Å². The Morgan fingerprint density at radius 2 is 1.29 bits per heavy atom. The van der Waals surface area contributed by atoms with Gasteiger partial charge in [-0.3, -0.25) is 9.34 Å². The third kappa shape index (κ3) is 5.32. The van der Waals surface area contributed by atoms with Crippen molar-refractivity contribution in [2.75, 3.05) is 0 Å². The lowest BCUT2D eigenvalue weighted by molar-refractivity contribution is -0.317. The minimum Gasteiger partial charge on any atom is -0.550 e. The Labute approximate surface area is 220 Å². The highest BCUT2D eigenvalue weighted by Crippen LogP contribution is 2.84. The third-order valence-corrected chi connectivity index (χ3v) is 19.0. The fraction of sp³-hybridized carbons (Fsp3) is 0.966. The van der Waals surface area contributed by atoms with Crippen molar-refractivity contribution in [1.29, 1.82) is 0 Å². The number of nitrogens with zero attached hydrogens (tertiary/aromatic N) is 2. The van der Waals surface area contributed by atoms with Gasteiger partial charge in [-0.15, -0.1) is 0 Å². The number of carbonyl (C=O) groups is 1. The average molecular weight is 526 g/mol. The summed E-state index contributed by atoms with van der Waals surface area (Å²) in [6.07, 6.45) is 4.25. The molecule has 5 atom stereocenters. The molecule has 35 heavy (non-hydrogen) atoms. The Morgan fingerprint density at radius 3 is 1.60 bits per heavy atom. The second kappa shape index (κ2) is 11.0. The van der Waals surface area contributed by atoms with Crippen LogP contribution in [0, 0.1) is 29.1 Å². The molecule has 6 heteroatoms. The first kappa shape index (κ1) is 31.3. The van der Waals surface area contributed by atoms with E-state index in [0.717, 1.165) is 19.3 Å². The Balaban J connectivity index is 2.91. The molecular formula is C29H58N2O2PSi-. The van der Waals surface area contributed by atoms with Gasteiger partial charge in [-0.2, -0.15) is 0 Å². The smallest absolute Gasteiger partial charge is 0.0600 e. The first-order chi connectivity index (χ1) is 15.9. The summed E-state index contributed by atoms with van der Waals surface area (Å²) >= 11 is 0. The van der Waals surface area contributed by atoms with Crippen molar-refractivity contribution < 1.29 is 9.90 Å². The fourth-order valence-electron chi connectivity index (χ4n) is 8.02. The Kier molecular flexibility index (Phi) is 9.85. The second-order valence-electron chi connectivity index (χ2n) is 14.4. The maximum atomic E-state index is 13.6. The minimum atomic E-state index is -1.99. The van der Waals surface area contributed by atoms with Crippen molar-refractivity contribution in [2.45, 2.75) is 150 Å². The summed E-state index contributed by atoms with van der Waals surface area (Å²) in [5.41, 5.74) is -0.711. The molecule has 2 fully saturated rings. The lowest BCUT2D eigenvalue weighted by Gasteiger charge is -2.57. The van der Waals surface area contributed by atoms with E-state index in [2.05, 4.69) is 105 Å². The molecule has 2 aliphatic carbocycles. The number of carbonyl (C=O) groups excluding carboxylic acids is 1. The van der Waals surface area contributed by atoms with Gasteiger partial charge in [0.25, 0.3) is 0 Å². The van der Waals surface area contributed by atoms with E-state index in [1.165, 1.54) is 6.42 Å².